The number of fused-ring (bicyclic) bond motifs is 1. The van der Waals surface area contributed by atoms with Crippen LogP contribution in [0.15, 0.2) is 66.9 Å². The number of para-hydroxylation sites is 1. The average Bonchev–Trinajstić information content (AvgIpc) is 3.25. The van der Waals surface area contributed by atoms with E-state index in [1.165, 1.54) is 12.1 Å². The fourth-order valence-corrected chi connectivity index (χ4v) is 4.16. The van der Waals surface area contributed by atoms with Gasteiger partial charge in [0.2, 0.25) is 0 Å². The maximum absolute atomic E-state index is 13.2. The molecule has 0 saturated heterocycles. The average molecular weight is 497 g/mol. The van der Waals surface area contributed by atoms with Gasteiger partial charge in [-0.3, -0.25) is 4.79 Å². The first-order valence-electron chi connectivity index (χ1n) is 11.3. The van der Waals surface area contributed by atoms with Gasteiger partial charge >= 0.3 is 5.97 Å². The Labute approximate surface area is 207 Å². The Morgan fingerprint density at radius 2 is 1.89 bits per heavy atom. The molecule has 3 aromatic carbocycles. The first-order chi connectivity index (χ1) is 16.9. The van der Waals surface area contributed by atoms with Gasteiger partial charge < -0.3 is 24.9 Å². The molecular formula is C27H26ClFN2O4. The number of hydrogen-bond acceptors (Lipinski definition) is 4. The largest absolute Gasteiger partial charge is 0.490 e. The van der Waals surface area contributed by atoms with E-state index in [4.69, 9.17) is 21.1 Å². The second kappa shape index (κ2) is 11.3. The van der Waals surface area contributed by atoms with Gasteiger partial charge in [0.1, 0.15) is 18.5 Å². The van der Waals surface area contributed by atoms with E-state index in [1.54, 1.807) is 24.3 Å². The Bertz CT molecular complexity index is 1310. The van der Waals surface area contributed by atoms with Gasteiger partial charge in [-0.2, -0.15) is 0 Å². The van der Waals surface area contributed by atoms with E-state index >= 15 is 0 Å². The van der Waals surface area contributed by atoms with Crippen LogP contribution in [0.5, 0.6) is 11.5 Å². The van der Waals surface area contributed by atoms with Crippen molar-refractivity contribution in [3.63, 3.8) is 0 Å². The van der Waals surface area contributed by atoms with Gasteiger partial charge in [-0.15, -0.1) is 0 Å². The van der Waals surface area contributed by atoms with Gasteiger partial charge in [0.25, 0.3) is 0 Å². The number of aromatic nitrogens is 1. The number of aromatic amines is 1. The molecule has 0 bridgehead atoms. The lowest BCUT2D eigenvalue weighted by atomic mass is 10.0. The topological polar surface area (TPSA) is 83.6 Å². The van der Waals surface area contributed by atoms with E-state index in [0.29, 0.717) is 29.5 Å². The fraction of sp³-hybridized carbons (Fsp3) is 0.222. The van der Waals surface area contributed by atoms with Gasteiger partial charge in [0.15, 0.2) is 11.5 Å². The van der Waals surface area contributed by atoms with Crippen LogP contribution in [-0.4, -0.2) is 28.7 Å². The maximum atomic E-state index is 13.2. The molecule has 0 radical (unpaired) electrons. The molecule has 8 heteroatoms. The maximum Gasteiger partial charge on any atom is 0.321 e. The standard InChI is InChI=1S/C27H26ClFN2O4/c1-2-34-25-12-18(11-22(28)26(25)35-16-17-7-9-20(29)10-8-17)14-30-24(27(32)33)13-19-15-31-23-6-4-3-5-21(19)23/h3-12,15,24,30-31H,2,13-14,16H2,1H3,(H,32,33)/t24-/m1/s1. The Morgan fingerprint density at radius 1 is 1.11 bits per heavy atom. The molecule has 0 aliphatic rings. The smallest absolute Gasteiger partial charge is 0.321 e. The molecule has 0 saturated carbocycles. The molecule has 0 aliphatic heterocycles. The van der Waals surface area contributed by atoms with Gasteiger partial charge in [0.05, 0.1) is 11.6 Å². The number of carboxylic acid groups (broad SMARTS) is 1. The molecule has 3 N–H and O–H groups in total. The SMILES string of the molecule is CCOc1cc(CN[C@H](Cc2c[nH]c3ccccc23)C(=O)O)cc(Cl)c1OCc1ccc(F)cc1. The molecule has 1 heterocycles. The molecule has 1 atom stereocenters. The molecule has 0 fully saturated rings. The van der Waals surface area contributed by atoms with Gasteiger partial charge in [0, 0.05) is 30.1 Å². The number of aliphatic carboxylic acids is 1. The molecule has 0 amide bonds. The van der Waals surface area contributed by atoms with E-state index in [0.717, 1.165) is 27.6 Å². The zero-order valence-electron chi connectivity index (χ0n) is 19.2. The highest BCUT2D eigenvalue weighted by Gasteiger charge is 2.20. The summed E-state index contributed by atoms with van der Waals surface area (Å²) in [6.45, 7) is 2.73. The lowest BCUT2D eigenvalue weighted by Gasteiger charge is -2.17. The van der Waals surface area contributed by atoms with Gasteiger partial charge in [-0.25, -0.2) is 4.39 Å². The van der Waals surface area contributed by atoms with Crippen LogP contribution >= 0.6 is 11.6 Å². The molecule has 4 aromatic rings. The van der Waals surface area contributed by atoms with Crippen LogP contribution in [0, 0.1) is 5.82 Å². The van der Waals surface area contributed by atoms with E-state index < -0.39 is 12.0 Å². The molecule has 0 aliphatic carbocycles. The number of H-pyrrole nitrogens is 1. The molecule has 182 valence electrons. The summed E-state index contributed by atoms with van der Waals surface area (Å²) in [5.41, 5.74) is 3.45. The number of rotatable bonds is 11. The Morgan fingerprint density at radius 3 is 2.63 bits per heavy atom. The van der Waals surface area contributed by atoms with E-state index in [9.17, 15) is 14.3 Å². The first-order valence-corrected chi connectivity index (χ1v) is 11.7. The van der Waals surface area contributed by atoms with Crippen molar-refractivity contribution in [1.82, 2.24) is 10.3 Å². The Kier molecular flexibility index (Phi) is 7.90. The number of carbonyl (C=O) groups is 1. The number of ether oxygens (including phenoxy) is 2. The van der Waals surface area contributed by atoms with E-state index in [2.05, 4.69) is 10.3 Å². The first kappa shape index (κ1) is 24.6. The summed E-state index contributed by atoms with van der Waals surface area (Å²) in [5, 5.41) is 14.3. The third-order valence-corrected chi connectivity index (χ3v) is 5.90. The van der Waals surface area contributed by atoms with Crippen molar-refractivity contribution in [1.29, 1.82) is 0 Å². The number of hydrogen-bond donors (Lipinski definition) is 3. The second-order valence-electron chi connectivity index (χ2n) is 8.09. The highest BCUT2D eigenvalue weighted by Crippen LogP contribution is 2.37. The lowest BCUT2D eigenvalue weighted by Crippen LogP contribution is -2.38. The van der Waals surface area contributed by atoms with Crippen molar-refractivity contribution in [2.75, 3.05) is 6.61 Å². The zero-order chi connectivity index (χ0) is 24.8. The van der Waals surface area contributed by atoms with Gasteiger partial charge in [-0.1, -0.05) is 41.9 Å². The quantitative estimate of drug-likeness (QED) is 0.247. The summed E-state index contributed by atoms with van der Waals surface area (Å²) in [4.78, 5) is 15.1. The van der Waals surface area contributed by atoms with Crippen LogP contribution in [0.3, 0.4) is 0 Å². The predicted octanol–water partition coefficient (Wildman–Crippen LogP) is 5.72. The molecule has 1 aromatic heterocycles. The third kappa shape index (κ3) is 6.12. The molecule has 4 rings (SSSR count). The van der Waals surface area contributed by atoms with Crippen molar-refractivity contribution in [2.45, 2.75) is 32.5 Å². The van der Waals surface area contributed by atoms with Crippen LogP contribution in [0.2, 0.25) is 5.02 Å². The minimum atomic E-state index is -0.939. The monoisotopic (exact) mass is 496 g/mol. The molecule has 35 heavy (non-hydrogen) atoms. The fourth-order valence-electron chi connectivity index (χ4n) is 3.87. The van der Waals surface area contributed by atoms with Crippen molar-refractivity contribution in [2.24, 2.45) is 0 Å². The Hall–Kier alpha value is -3.55. The van der Waals surface area contributed by atoms with Crippen molar-refractivity contribution < 1.29 is 23.8 Å². The molecule has 6 nitrogen and oxygen atoms in total. The molecule has 0 unspecified atom stereocenters. The lowest BCUT2D eigenvalue weighted by molar-refractivity contribution is -0.139. The van der Waals surface area contributed by atoms with Crippen LogP contribution in [0.4, 0.5) is 4.39 Å². The number of benzene rings is 3. The predicted molar refractivity (Wildman–Crippen MR) is 134 cm³/mol. The third-order valence-electron chi connectivity index (χ3n) is 5.62. The van der Waals surface area contributed by atoms with Crippen LogP contribution < -0.4 is 14.8 Å². The van der Waals surface area contributed by atoms with E-state index in [1.807, 2.05) is 37.4 Å². The van der Waals surface area contributed by atoms with Crippen LogP contribution in [0.1, 0.15) is 23.6 Å². The normalized spacial score (nSPS) is 12.0. The highest BCUT2D eigenvalue weighted by atomic mass is 35.5. The Balaban J connectivity index is 1.47. The summed E-state index contributed by atoms with van der Waals surface area (Å²) < 4.78 is 24.8. The van der Waals surface area contributed by atoms with E-state index in [-0.39, 0.29) is 19.0 Å². The molecular weight excluding hydrogens is 471 g/mol. The van der Waals surface area contributed by atoms with Gasteiger partial charge in [-0.05, 0) is 53.9 Å². The second-order valence-corrected chi connectivity index (χ2v) is 8.50. The summed E-state index contributed by atoms with van der Waals surface area (Å²) >= 11 is 6.51. The summed E-state index contributed by atoms with van der Waals surface area (Å²) in [6.07, 6.45) is 2.17. The number of carboxylic acids is 1. The summed E-state index contributed by atoms with van der Waals surface area (Å²) in [5.74, 6) is -0.411. The minimum Gasteiger partial charge on any atom is -0.490 e. The number of halogens is 2. The van der Waals surface area contributed by atoms with Crippen molar-refractivity contribution >= 4 is 28.5 Å². The zero-order valence-corrected chi connectivity index (χ0v) is 19.9. The summed E-state index contributed by atoms with van der Waals surface area (Å²) in [6, 6.07) is 16.5. The molecule has 0 spiro atoms. The van der Waals surface area contributed by atoms with Crippen LogP contribution in [-0.2, 0) is 24.4 Å². The minimum absolute atomic E-state index is 0.198. The highest BCUT2D eigenvalue weighted by molar-refractivity contribution is 6.32. The van der Waals surface area contributed by atoms with Crippen LogP contribution in [0.25, 0.3) is 10.9 Å². The number of nitrogens with one attached hydrogen (secondary N) is 2. The van der Waals surface area contributed by atoms with Crippen molar-refractivity contribution in [3.05, 3.63) is 94.4 Å². The van der Waals surface area contributed by atoms with Crippen molar-refractivity contribution in [3.8, 4) is 11.5 Å². The summed E-state index contributed by atoms with van der Waals surface area (Å²) in [7, 11) is 0.